The van der Waals surface area contributed by atoms with Gasteiger partial charge < -0.3 is 15.0 Å². The summed E-state index contributed by atoms with van der Waals surface area (Å²) in [7, 11) is 0. The second kappa shape index (κ2) is 9.64. The first-order valence-corrected chi connectivity index (χ1v) is 10.0. The van der Waals surface area contributed by atoms with Gasteiger partial charge in [-0.3, -0.25) is 14.4 Å². The molecule has 1 fully saturated rings. The third-order valence-electron chi connectivity index (χ3n) is 5.29. The Morgan fingerprint density at radius 1 is 1.21 bits per heavy atom. The molecule has 0 saturated carbocycles. The zero-order chi connectivity index (χ0) is 19.9. The van der Waals surface area contributed by atoms with Gasteiger partial charge in [-0.1, -0.05) is 37.3 Å². The summed E-state index contributed by atoms with van der Waals surface area (Å²) in [6, 6.07) is 9.78. The molecule has 28 heavy (non-hydrogen) atoms. The summed E-state index contributed by atoms with van der Waals surface area (Å²) in [4.78, 5) is 39.4. The fraction of sp³-hybridized carbons (Fsp3) is 0.500. The SMILES string of the molecule is CCCNC(=O)C1COCCN(C(=O)CC2=C(c3ccccc3)CCC2=O)C1. The molecule has 1 heterocycles. The Morgan fingerprint density at radius 2 is 2.00 bits per heavy atom. The van der Waals surface area contributed by atoms with Crippen LogP contribution in [0.2, 0.25) is 0 Å². The molecule has 6 nitrogen and oxygen atoms in total. The number of rotatable bonds is 6. The van der Waals surface area contributed by atoms with E-state index in [-0.39, 0.29) is 29.9 Å². The van der Waals surface area contributed by atoms with Crippen LogP contribution in [0.3, 0.4) is 0 Å². The lowest BCUT2D eigenvalue weighted by molar-refractivity contribution is -0.133. The van der Waals surface area contributed by atoms with Gasteiger partial charge in [-0.25, -0.2) is 0 Å². The third kappa shape index (κ3) is 4.87. The van der Waals surface area contributed by atoms with E-state index in [1.807, 2.05) is 37.3 Å². The molecule has 2 aliphatic rings. The fourth-order valence-electron chi connectivity index (χ4n) is 3.72. The highest BCUT2D eigenvalue weighted by Gasteiger charge is 2.31. The van der Waals surface area contributed by atoms with Crippen LogP contribution in [0.25, 0.3) is 5.57 Å². The van der Waals surface area contributed by atoms with Crippen LogP contribution >= 0.6 is 0 Å². The largest absolute Gasteiger partial charge is 0.379 e. The van der Waals surface area contributed by atoms with E-state index in [0.717, 1.165) is 17.6 Å². The first-order valence-electron chi connectivity index (χ1n) is 10.0. The van der Waals surface area contributed by atoms with Gasteiger partial charge in [0.2, 0.25) is 11.8 Å². The minimum atomic E-state index is -0.375. The van der Waals surface area contributed by atoms with Gasteiger partial charge in [0.1, 0.15) is 0 Å². The van der Waals surface area contributed by atoms with Gasteiger partial charge >= 0.3 is 0 Å². The van der Waals surface area contributed by atoms with Gasteiger partial charge in [-0.15, -0.1) is 0 Å². The number of carbonyl (C=O) groups excluding carboxylic acids is 3. The standard InChI is InChI=1S/C22H28N2O4/c1-2-10-23-22(27)17-14-24(11-12-28-15-17)21(26)13-19-18(8-9-20(19)25)16-6-4-3-5-7-16/h3-7,17H,2,8-15H2,1H3,(H,23,27). The van der Waals surface area contributed by atoms with E-state index in [4.69, 9.17) is 4.74 Å². The number of hydrogen-bond acceptors (Lipinski definition) is 4. The number of ether oxygens (including phenoxy) is 1. The summed E-state index contributed by atoms with van der Waals surface area (Å²) in [5.74, 6) is -0.518. The zero-order valence-corrected chi connectivity index (χ0v) is 16.4. The molecule has 2 amide bonds. The molecule has 1 aromatic carbocycles. The number of Topliss-reactive ketones (excluding diaryl/α,β-unsaturated/α-hetero) is 1. The van der Waals surface area contributed by atoms with Crippen molar-refractivity contribution in [2.45, 2.75) is 32.6 Å². The number of hydrogen-bond donors (Lipinski definition) is 1. The van der Waals surface area contributed by atoms with Crippen LogP contribution in [0.4, 0.5) is 0 Å². The Kier molecular flexibility index (Phi) is 6.98. The zero-order valence-electron chi connectivity index (χ0n) is 16.4. The fourth-order valence-corrected chi connectivity index (χ4v) is 3.72. The monoisotopic (exact) mass is 384 g/mol. The summed E-state index contributed by atoms with van der Waals surface area (Å²) in [6.45, 7) is 4.11. The lowest BCUT2D eigenvalue weighted by Gasteiger charge is -2.23. The summed E-state index contributed by atoms with van der Waals surface area (Å²) in [5, 5.41) is 2.88. The molecular weight excluding hydrogens is 356 g/mol. The van der Waals surface area contributed by atoms with E-state index in [9.17, 15) is 14.4 Å². The molecule has 0 radical (unpaired) electrons. The first-order chi connectivity index (χ1) is 13.6. The Balaban J connectivity index is 1.71. The maximum absolute atomic E-state index is 13.0. The van der Waals surface area contributed by atoms with E-state index in [2.05, 4.69) is 5.32 Å². The van der Waals surface area contributed by atoms with Crippen molar-refractivity contribution in [3.8, 4) is 0 Å². The number of allylic oxidation sites excluding steroid dienone is 1. The summed E-state index contributed by atoms with van der Waals surface area (Å²) in [5.41, 5.74) is 2.60. The van der Waals surface area contributed by atoms with Gasteiger partial charge in [0.05, 0.1) is 25.6 Å². The second-order valence-corrected chi connectivity index (χ2v) is 7.33. The van der Waals surface area contributed by atoms with Crippen LogP contribution < -0.4 is 5.32 Å². The Bertz CT molecular complexity index is 757. The maximum atomic E-state index is 13.0. The molecule has 1 unspecified atom stereocenters. The van der Waals surface area contributed by atoms with Crippen molar-refractivity contribution < 1.29 is 19.1 Å². The summed E-state index contributed by atoms with van der Waals surface area (Å²) < 4.78 is 5.54. The lowest BCUT2D eigenvalue weighted by atomic mass is 9.99. The molecule has 1 aliphatic heterocycles. The average molecular weight is 384 g/mol. The van der Waals surface area contributed by atoms with E-state index in [1.54, 1.807) is 4.90 Å². The topological polar surface area (TPSA) is 75.7 Å². The number of nitrogens with zero attached hydrogens (tertiary/aromatic N) is 1. The van der Waals surface area contributed by atoms with Crippen LogP contribution in [-0.2, 0) is 19.1 Å². The van der Waals surface area contributed by atoms with Crippen molar-refractivity contribution in [2.24, 2.45) is 5.92 Å². The maximum Gasteiger partial charge on any atom is 0.227 e. The highest BCUT2D eigenvalue weighted by Crippen LogP contribution is 2.33. The Hall–Kier alpha value is -2.47. The van der Waals surface area contributed by atoms with Crippen molar-refractivity contribution in [3.63, 3.8) is 0 Å². The number of amides is 2. The predicted octanol–water partition coefficient (Wildman–Crippen LogP) is 2.19. The summed E-state index contributed by atoms with van der Waals surface area (Å²) in [6.07, 6.45) is 2.08. The third-order valence-corrected chi connectivity index (χ3v) is 5.29. The molecule has 150 valence electrons. The molecule has 1 saturated heterocycles. The number of benzene rings is 1. The molecule has 1 atom stereocenters. The van der Waals surface area contributed by atoms with Crippen LogP contribution in [0.1, 0.15) is 38.2 Å². The highest BCUT2D eigenvalue weighted by atomic mass is 16.5. The van der Waals surface area contributed by atoms with E-state index in [0.29, 0.717) is 51.3 Å². The molecule has 1 aromatic rings. The number of ketones is 1. The van der Waals surface area contributed by atoms with Crippen LogP contribution in [0.15, 0.2) is 35.9 Å². The van der Waals surface area contributed by atoms with Crippen molar-refractivity contribution in [2.75, 3.05) is 32.8 Å². The van der Waals surface area contributed by atoms with Crippen LogP contribution in [0, 0.1) is 5.92 Å². The average Bonchev–Trinajstić information content (AvgIpc) is 2.92. The molecule has 1 aliphatic carbocycles. The van der Waals surface area contributed by atoms with Gasteiger partial charge in [-0.2, -0.15) is 0 Å². The molecule has 0 spiro atoms. The molecule has 1 N–H and O–H groups in total. The van der Waals surface area contributed by atoms with Gasteiger partial charge in [-0.05, 0) is 24.0 Å². The first kappa shape index (κ1) is 20.3. The molecule has 0 aromatic heterocycles. The Morgan fingerprint density at radius 3 is 2.75 bits per heavy atom. The second-order valence-electron chi connectivity index (χ2n) is 7.33. The molecule has 6 heteroatoms. The minimum absolute atomic E-state index is 0.0514. The van der Waals surface area contributed by atoms with Gasteiger partial charge in [0.25, 0.3) is 0 Å². The molecule has 0 bridgehead atoms. The van der Waals surface area contributed by atoms with Crippen LogP contribution in [-0.4, -0.2) is 55.3 Å². The molecular formula is C22H28N2O4. The summed E-state index contributed by atoms with van der Waals surface area (Å²) >= 11 is 0. The normalized spacial score (nSPS) is 20.2. The lowest BCUT2D eigenvalue weighted by Crippen LogP contribution is -2.42. The van der Waals surface area contributed by atoms with Gasteiger partial charge in [0.15, 0.2) is 5.78 Å². The van der Waals surface area contributed by atoms with Crippen LogP contribution in [0.5, 0.6) is 0 Å². The van der Waals surface area contributed by atoms with Crippen molar-refractivity contribution in [3.05, 3.63) is 41.5 Å². The van der Waals surface area contributed by atoms with Gasteiger partial charge in [0, 0.05) is 31.6 Å². The number of nitrogens with one attached hydrogen (secondary N) is 1. The minimum Gasteiger partial charge on any atom is -0.379 e. The smallest absolute Gasteiger partial charge is 0.227 e. The number of carbonyl (C=O) groups is 3. The van der Waals surface area contributed by atoms with Crippen molar-refractivity contribution >= 4 is 23.2 Å². The van der Waals surface area contributed by atoms with Crippen molar-refractivity contribution in [1.82, 2.24) is 10.2 Å². The van der Waals surface area contributed by atoms with E-state index >= 15 is 0 Å². The van der Waals surface area contributed by atoms with E-state index in [1.165, 1.54) is 0 Å². The molecule has 3 rings (SSSR count). The Labute approximate surface area is 165 Å². The van der Waals surface area contributed by atoms with Crippen molar-refractivity contribution in [1.29, 1.82) is 0 Å². The van der Waals surface area contributed by atoms with E-state index < -0.39 is 0 Å². The highest BCUT2D eigenvalue weighted by molar-refractivity contribution is 6.10. The predicted molar refractivity (Wildman–Crippen MR) is 106 cm³/mol. The quantitative estimate of drug-likeness (QED) is 0.816.